The third-order valence-corrected chi connectivity index (χ3v) is 1.80. The molecule has 0 aliphatic heterocycles. The highest BCUT2D eigenvalue weighted by Gasteiger charge is 2.10. The summed E-state index contributed by atoms with van der Waals surface area (Å²) < 4.78 is 12.9. The van der Waals surface area contributed by atoms with E-state index in [4.69, 9.17) is 5.73 Å². The second-order valence-corrected chi connectivity index (χ2v) is 2.69. The molecule has 0 radical (unpaired) electrons. The largest absolute Gasteiger partial charge is 0.384 e. The van der Waals surface area contributed by atoms with Crippen LogP contribution in [0.4, 0.5) is 10.2 Å². The molecule has 0 unspecified atom stereocenters. The van der Waals surface area contributed by atoms with Gasteiger partial charge in [-0.1, -0.05) is 15.9 Å². The Morgan fingerprint density at radius 3 is 2.83 bits per heavy atom. The molecule has 1 rings (SSSR count). The van der Waals surface area contributed by atoms with Crippen molar-refractivity contribution in [3.63, 3.8) is 0 Å². The second kappa shape index (κ2) is 3.62. The first-order chi connectivity index (χ1) is 5.65. The lowest BCUT2D eigenvalue weighted by Gasteiger charge is -1.98. The predicted molar refractivity (Wildman–Crippen MR) is 46.7 cm³/mol. The van der Waals surface area contributed by atoms with Gasteiger partial charge in [-0.15, -0.1) is 0 Å². The van der Waals surface area contributed by atoms with E-state index in [0.29, 0.717) is 0 Å². The van der Waals surface area contributed by atoms with E-state index in [1.807, 2.05) is 0 Å². The van der Waals surface area contributed by atoms with E-state index in [1.165, 1.54) is 12.1 Å². The number of alkyl halides is 1. The molecule has 0 atom stereocenters. The minimum absolute atomic E-state index is 0.0407. The van der Waals surface area contributed by atoms with Crippen LogP contribution < -0.4 is 5.73 Å². The van der Waals surface area contributed by atoms with Crippen LogP contribution in [0.25, 0.3) is 0 Å². The molecular formula is C7H6BrFN2O. The van der Waals surface area contributed by atoms with Gasteiger partial charge in [-0.2, -0.15) is 4.39 Å². The van der Waals surface area contributed by atoms with E-state index in [2.05, 4.69) is 20.9 Å². The van der Waals surface area contributed by atoms with E-state index in [9.17, 15) is 9.18 Å². The van der Waals surface area contributed by atoms with Crippen LogP contribution in [0.2, 0.25) is 0 Å². The van der Waals surface area contributed by atoms with E-state index in [0.717, 1.165) is 0 Å². The number of rotatable bonds is 2. The topological polar surface area (TPSA) is 56.0 Å². The number of ketones is 1. The SMILES string of the molecule is Nc1ccc(C(=O)CBr)c(F)n1. The third-order valence-electron chi connectivity index (χ3n) is 1.29. The smallest absolute Gasteiger partial charge is 0.225 e. The van der Waals surface area contributed by atoms with Gasteiger partial charge in [0.05, 0.1) is 10.9 Å². The Labute approximate surface area is 76.9 Å². The summed E-state index contributed by atoms with van der Waals surface area (Å²) in [4.78, 5) is 14.3. The number of Topliss-reactive ketones (excluding diaryl/α,β-unsaturated/α-hetero) is 1. The van der Waals surface area contributed by atoms with Crippen LogP contribution in [0.15, 0.2) is 12.1 Å². The van der Waals surface area contributed by atoms with Crippen LogP contribution in [0.1, 0.15) is 10.4 Å². The number of hydrogen-bond acceptors (Lipinski definition) is 3. The molecule has 5 heteroatoms. The normalized spacial score (nSPS) is 9.83. The van der Waals surface area contributed by atoms with Crippen molar-refractivity contribution < 1.29 is 9.18 Å². The quantitative estimate of drug-likeness (QED) is 0.477. The lowest BCUT2D eigenvalue weighted by molar-refractivity contribution is 0.101. The van der Waals surface area contributed by atoms with Crippen LogP contribution in [0, 0.1) is 5.95 Å². The predicted octanol–water partition coefficient (Wildman–Crippen LogP) is 1.38. The van der Waals surface area contributed by atoms with Crippen LogP contribution >= 0.6 is 15.9 Å². The third kappa shape index (κ3) is 1.79. The summed E-state index contributed by atoms with van der Waals surface area (Å²) >= 11 is 2.93. The van der Waals surface area contributed by atoms with Gasteiger partial charge >= 0.3 is 0 Å². The zero-order valence-electron chi connectivity index (χ0n) is 6.05. The maximum Gasteiger partial charge on any atom is 0.225 e. The monoisotopic (exact) mass is 232 g/mol. The summed E-state index contributed by atoms with van der Waals surface area (Å²) in [5.41, 5.74) is 5.15. The molecule has 1 aromatic heterocycles. The standard InChI is InChI=1S/C7H6BrFN2O/c8-3-5(12)4-1-2-6(10)11-7(4)9/h1-2H,3H2,(H2,10,11). The highest BCUT2D eigenvalue weighted by molar-refractivity contribution is 9.09. The average Bonchev–Trinajstić information content (AvgIpc) is 2.03. The summed E-state index contributed by atoms with van der Waals surface area (Å²) in [6.07, 6.45) is 0. The van der Waals surface area contributed by atoms with Gasteiger partial charge in [0.2, 0.25) is 5.95 Å². The number of nitrogens with two attached hydrogens (primary N) is 1. The molecule has 0 bridgehead atoms. The molecule has 0 saturated heterocycles. The molecule has 12 heavy (non-hydrogen) atoms. The highest BCUT2D eigenvalue weighted by Crippen LogP contribution is 2.09. The minimum atomic E-state index is -0.820. The molecule has 2 N–H and O–H groups in total. The van der Waals surface area contributed by atoms with Crippen molar-refractivity contribution in [2.24, 2.45) is 0 Å². The van der Waals surface area contributed by atoms with Crippen molar-refractivity contribution in [1.82, 2.24) is 4.98 Å². The molecule has 64 valence electrons. The van der Waals surface area contributed by atoms with Crippen LogP contribution in [-0.2, 0) is 0 Å². The number of carbonyl (C=O) groups excluding carboxylic acids is 1. The Hall–Kier alpha value is -0.970. The van der Waals surface area contributed by atoms with Crippen molar-refractivity contribution in [2.45, 2.75) is 0 Å². The molecule has 0 fully saturated rings. The van der Waals surface area contributed by atoms with Crippen molar-refractivity contribution in [3.8, 4) is 0 Å². The number of carbonyl (C=O) groups is 1. The van der Waals surface area contributed by atoms with Gasteiger partial charge in [0.1, 0.15) is 5.82 Å². The first-order valence-electron chi connectivity index (χ1n) is 3.16. The average molecular weight is 233 g/mol. The number of anilines is 1. The van der Waals surface area contributed by atoms with E-state index < -0.39 is 5.95 Å². The molecule has 1 heterocycles. The molecule has 0 amide bonds. The van der Waals surface area contributed by atoms with Crippen molar-refractivity contribution in [1.29, 1.82) is 0 Å². The Balaban J connectivity index is 3.09. The molecule has 1 aromatic rings. The number of nitrogens with zero attached hydrogens (tertiary/aromatic N) is 1. The maximum absolute atomic E-state index is 12.9. The molecule has 0 aliphatic rings. The summed E-state index contributed by atoms with van der Waals surface area (Å²) in [5.74, 6) is -1.10. The fourth-order valence-corrected chi connectivity index (χ4v) is 1.03. The van der Waals surface area contributed by atoms with Crippen LogP contribution in [0.5, 0.6) is 0 Å². The lowest BCUT2D eigenvalue weighted by atomic mass is 10.2. The molecule has 3 nitrogen and oxygen atoms in total. The van der Waals surface area contributed by atoms with Crippen molar-refractivity contribution in [2.75, 3.05) is 11.1 Å². The number of hydrogen-bond donors (Lipinski definition) is 1. The first-order valence-corrected chi connectivity index (χ1v) is 4.28. The van der Waals surface area contributed by atoms with Crippen molar-refractivity contribution in [3.05, 3.63) is 23.6 Å². The minimum Gasteiger partial charge on any atom is -0.384 e. The summed E-state index contributed by atoms with van der Waals surface area (Å²) in [6.45, 7) is 0. The number of halogens is 2. The van der Waals surface area contributed by atoms with Gasteiger partial charge in [0.25, 0.3) is 0 Å². The molecule has 0 saturated carbocycles. The van der Waals surface area contributed by atoms with E-state index in [-0.39, 0.29) is 22.5 Å². The van der Waals surface area contributed by atoms with Gasteiger partial charge in [0.15, 0.2) is 5.78 Å². The Morgan fingerprint density at radius 1 is 1.67 bits per heavy atom. The lowest BCUT2D eigenvalue weighted by Crippen LogP contribution is -2.06. The fourth-order valence-electron chi connectivity index (χ4n) is 0.728. The Morgan fingerprint density at radius 2 is 2.33 bits per heavy atom. The van der Waals surface area contributed by atoms with E-state index >= 15 is 0 Å². The summed E-state index contributed by atoms with van der Waals surface area (Å²) in [6, 6.07) is 2.71. The fraction of sp³-hybridized carbons (Fsp3) is 0.143. The highest BCUT2D eigenvalue weighted by atomic mass is 79.9. The van der Waals surface area contributed by atoms with Crippen LogP contribution in [0.3, 0.4) is 0 Å². The van der Waals surface area contributed by atoms with E-state index in [1.54, 1.807) is 0 Å². The second-order valence-electron chi connectivity index (χ2n) is 2.13. The molecule has 0 spiro atoms. The zero-order chi connectivity index (χ0) is 9.14. The molecule has 0 aromatic carbocycles. The van der Waals surface area contributed by atoms with Crippen LogP contribution in [-0.4, -0.2) is 16.1 Å². The summed E-state index contributed by atoms with van der Waals surface area (Å²) in [7, 11) is 0. The number of nitrogen functional groups attached to an aromatic ring is 1. The zero-order valence-corrected chi connectivity index (χ0v) is 7.64. The Bertz CT molecular complexity index is 316. The van der Waals surface area contributed by atoms with Gasteiger partial charge in [0, 0.05) is 0 Å². The first kappa shape index (κ1) is 9.12. The van der Waals surface area contributed by atoms with Gasteiger partial charge < -0.3 is 5.73 Å². The Kier molecular flexibility index (Phi) is 2.75. The molecular weight excluding hydrogens is 227 g/mol. The van der Waals surface area contributed by atoms with Gasteiger partial charge in [-0.05, 0) is 12.1 Å². The van der Waals surface area contributed by atoms with Crippen molar-refractivity contribution >= 4 is 27.5 Å². The maximum atomic E-state index is 12.9. The molecule has 0 aliphatic carbocycles. The number of aromatic nitrogens is 1. The van der Waals surface area contributed by atoms with Gasteiger partial charge in [-0.25, -0.2) is 4.98 Å². The summed E-state index contributed by atoms with van der Waals surface area (Å²) in [5, 5.41) is 0.0789. The van der Waals surface area contributed by atoms with Gasteiger partial charge in [-0.3, -0.25) is 4.79 Å². The number of pyridine rings is 1.